The molecule has 0 spiro atoms. The largest absolute Gasteiger partial charge is 0.494 e. The van der Waals surface area contributed by atoms with Crippen LogP contribution in [0.2, 0.25) is 0 Å². The summed E-state index contributed by atoms with van der Waals surface area (Å²) >= 11 is 0. The lowest BCUT2D eigenvalue weighted by atomic mass is 9.75. The number of halogens is 1. The van der Waals surface area contributed by atoms with Gasteiger partial charge >= 0.3 is 0 Å². The number of hydrogen-bond acceptors (Lipinski definition) is 1. The minimum Gasteiger partial charge on any atom is -0.494 e. The van der Waals surface area contributed by atoms with Crippen molar-refractivity contribution in [1.29, 1.82) is 0 Å². The summed E-state index contributed by atoms with van der Waals surface area (Å²) in [6.45, 7) is 9.41. The third-order valence-electron chi connectivity index (χ3n) is 5.70. The first kappa shape index (κ1) is 18.0. The van der Waals surface area contributed by atoms with Gasteiger partial charge < -0.3 is 4.74 Å². The molecule has 1 aliphatic carbocycles. The van der Waals surface area contributed by atoms with Crippen molar-refractivity contribution in [2.75, 3.05) is 6.61 Å². The zero-order valence-electron chi connectivity index (χ0n) is 15.9. The summed E-state index contributed by atoms with van der Waals surface area (Å²) in [5.41, 5.74) is 4.56. The van der Waals surface area contributed by atoms with Crippen LogP contribution in [-0.4, -0.2) is 6.61 Å². The monoisotopic (exact) mass is 340 g/mol. The highest BCUT2D eigenvalue weighted by molar-refractivity contribution is 5.71. The van der Waals surface area contributed by atoms with Crippen molar-refractivity contribution in [3.63, 3.8) is 0 Å². The highest BCUT2D eigenvalue weighted by Crippen LogP contribution is 2.51. The van der Waals surface area contributed by atoms with Crippen molar-refractivity contribution in [3.05, 3.63) is 53.3 Å². The van der Waals surface area contributed by atoms with Gasteiger partial charge in [-0.15, -0.1) is 0 Å². The van der Waals surface area contributed by atoms with E-state index < -0.39 is 0 Å². The SMILES string of the molecule is CCOc1ccc(F)c(-c2ccc(CC)cc2[C@@H]2CCCC2(C)C)c1. The Morgan fingerprint density at radius 1 is 1.08 bits per heavy atom. The predicted octanol–water partition coefficient (Wildman–Crippen LogP) is 6.75. The molecule has 25 heavy (non-hydrogen) atoms. The van der Waals surface area contributed by atoms with E-state index in [0.29, 0.717) is 18.1 Å². The zero-order chi connectivity index (χ0) is 18.0. The summed E-state index contributed by atoms with van der Waals surface area (Å²) < 4.78 is 20.3. The second kappa shape index (κ2) is 7.19. The standard InChI is InChI=1S/C23H29FO/c1-5-16-9-11-18(19(14-16)21-8-7-13-23(21,3)4)20-15-17(25-6-2)10-12-22(20)24/h9-12,14-15,21H,5-8,13H2,1-4H3/t21-/m0/s1. The Morgan fingerprint density at radius 2 is 1.88 bits per heavy atom. The van der Waals surface area contributed by atoms with E-state index in [4.69, 9.17) is 4.74 Å². The van der Waals surface area contributed by atoms with Gasteiger partial charge in [-0.1, -0.05) is 45.4 Å². The van der Waals surface area contributed by atoms with Crippen LogP contribution in [0.5, 0.6) is 5.75 Å². The van der Waals surface area contributed by atoms with Crippen molar-refractivity contribution in [3.8, 4) is 16.9 Å². The van der Waals surface area contributed by atoms with Crippen LogP contribution < -0.4 is 4.74 Å². The maximum atomic E-state index is 14.7. The lowest BCUT2D eigenvalue weighted by Crippen LogP contribution is -2.16. The fourth-order valence-electron chi connectivity index (χ4n) is 4.24. The molecule has 1 saturated carbocycles. The molecule has 2 heteroatoms. The second-order valence-corrected chi connectivity index (χ2v) is 7.78. The van der Waals surface area contributed by atoms with Crippen molar-refractivity contribution >= 4 is 0 Å². The first-order valence-corrected chi connectivity index (χ1v) is 9.51. The van der Waals surface area contributed by atoms with Crippen molar-refractivity contribution in [2.24, 2.45) is 5.41 Å². The predicted molar refractivity (Wildman–Crippen MR) is 103 cm³/mol. The van der Waals surface area contributed by atoms with Gasteiger partial charge in [0.15, 0.2) is 0 Å². The van der Waals surface area contributed by atoms with Crippen LogP contribution >= 0.6 is 0 Å². The Bertz CT molecular complexity index is 748. The van der Waals surface area contributed by atoms with E-state index in [9.17, 15) is 4.39 Å². The quantitative estimate of drug-likeness (QED) is 0.585. The summed E-state index contributed by atoms with van der Waals surface area (Å²) in [6.07, 6.45) is 4.66. The van der Waals surface area contributed by atoms with Gasteiger partial charge in [-0.25, -0.2) is 4.39 Å². The topological polar surface area (TPSA) is 9.23 Å². The van der Waals surface area contributed by atoms with Crippen molar-refractivity contribution < 1.29 is 9.13 Å². The van der Waals surface area contributed by atoms with E-state index >= 15 is 0 Å². The van der Waals surface area contributed by atoms with Gasteiger partial charge in [0.05, 0.1) is 6.61 Å². The number of aryl methyl sites for hydroxylation is 1. The van der Waals surface area contributed by atoms with E-state index in [0.717, 1.165) is 17.7 Å². The average Bonchev–Trinajstić information content (AvgIpc) is 2.95. The molecule has 3 rings (SSSR count). The molecular formula is C23H29FO. The summed E-state index contributed by atoms with van der Waals surface area (Å²) in [5, 5.41) is 0. The number of ether oxygens (including phenoxy) is 1. The molecule has 0 radical (unpaired) electrons. The lowest BCUT2D eigenvalue weighted by Gasteiger charge is -2.30. The minimum absolute atomic E-state index is 0.176. The van der Waals surface area contributed by atoms with Gasteiger partial charge in [-0.3, -0.25) is 0 Å². The van der Waals surface area contributed by atoms with Crippen LogP contribution in [0.3, 0.4) is 0 Å². The van der Waals surface area contributed by atoms with Crippen LogP contribution in [-0.2, 0) is 6.42 Å². The minimum atomic E-state index is -0.176. The number of hydrogen-bond donors (Lipinski definition) is 0. The molecule has 0 amide bonds. The molecule has 0 aliphatic heterocycles. The second-order valence-electron chi connectivity index (χ2n) is 7.78. The molecule has 1 aliphatic rings. The fraction of sp³-hybridized carbons (Fsp3) is 0.478. The molecule has 1 atom stereocenters. The number of benzene rings is 2. The summed E-state index contributed by atoms with van der Waals surface area (Å²) in [4.78, 5) is 0. The summed E-state index contributed by atoms with van der Waals surface area (Å²) in [5.74, 6) is 1.03. The van der Waals surface area contributed by atoms with Gasteiger partial charge in [-0.2, -0.15) is 0 Å². The van der Waals surface area contributed by atoms with E-state index in [2.05, 4.69) is 39.0 Å². The van der Waals surface area contributed by atoms with Crippen LogP contribution in [0.1, 0.15) is 64.0 Å². The summed E-state index contributed by atoms with van der Waals surface area (Å²) in [7, 11) is 0. The van der Waals surface area contributed by atoms with E-state index in [-0.39, 0.29) is 11.2 Å². The van der Waals surface area contributed by atoms with Crippen LogP contribution in [0.4, 0.5) is 4.39 Å². The molecule has 0 bridgehead atoms. The summed E-state index contributed by atoms with van der Waals surface area (Å²) in [6, 6.07) is 11.6. The van der Waals surface area contributed by atoms with E-state index in [1.165, 1.54) is 36.5 Å². The maximum Gasteiger partial charge on any atom is 0.131 e. The first-order valence-electron chi connectivity index (χ1n) is 9.51. The Balaban J connectivity index is 2.15. The molecule has 0 N–H and O–H groups in total. The third kappa shape index (κ3) is 3.58. The van der Waals surface area contributed by atoms with Gasteiger partial charge in [-0.05, 0) is 72.4 Å². The van der Waals surface area contributed by atoms with E-state index in [1.807, 2.05) is 13.0 Å². The first-order chi connectivity index (χ1) is 12.0. The molecule has 134 valence electrons. The highest BCUT2D eigenvalue weighted by Gasteiger charge is 2.37. The van der Waals surface area contributed by atoms with Gasteiger partial charge in [0, 0.05) is 5.56 Å². The number of rotatable bonds is 5. The third-order valence-corrected chi connectivity index (χ3v) is 5.70. The molecule has 2 aromatic rings. The molecule has 0 saturated heterocycles. The Kier molecular flexibility index (Phi) is 5.17. The van der Waals surface area contributed by atoms with Crippen molar-refractivity contribution in [2.45, 2.75) is 59.3 Å². The lowest BCUT2D eigenvalue weighted by molar-refractivity contribution is 0.332. The zero-order valence-corrected chi connectivity index (χ0v) is 15.9. The van der Waals surface area contributed by atoms with Gasteiger partial charge in [0.1, 0.15) is 11.6 Å². The van der Waals surface area contributed by atoms with Crippen LogP contribution in [0.15, 0.2) is 36.4 Å². The molecule has 1 fully saturated rings. The van der Waals surface area contributed by atoms with Crippen LogP contribution in [0.25, 0.3) is 11.1 Å². The van der Waals surface area contributed by atoms with E-state index in [1.54, 1.807) is 6.07 Å². The van der Waals surface area contributed by atoms with Gasteiger partial charge in [0.2, 0.25) is 0 Å². The average molecular weight is 340 g/mol. The molecule has 0 unspecified atom stereocenters. The fourth-order valence-corrected chi connectivity index (χ4v) is 4.24. The molecule has 1 nitrogen and oxygen atoms in total. The van der Waals surface area contributed by atoms with Crippen LogP contribution in [0, 0.1) is 11.2 Å². The molecule has 0 heterocycles. The smallest absolute Gasteiger partial charge is 0.131 e. The molecule has 2 aromatic carbocycles. The van der Waals surface area contributed by atoms with Crippen molar-refractivity contribution in [1.82, 2.24) is 0 Å². The molecule has 0 aromatic heterocycles. The molecular weight excluding hydrogens is 311 g/mol. The Hall–Kier alpha value is -1.83. The van der Waals surface area contributed by atoms with Gasteiger partial charge in [0.25, 0.3) is 0 Å². The Labute approximate surface area is 151 Å². The Morgan fingerprint density at radius 3 is 2.52 bits per heavy atom. The highest BCUT2D eigenvalue weighted by atomic mass is 19.1. The maximum absolute atomic E-state index is 14.7. The normalized spacial score (nSPS) is 19.2.